The van der Waals surface area contributed by atoms with Crippen molar-refractivity contribution in [2.24, 2.45) is 0 Å². The number of carbonyl (C=O) groups is 1. The third-order valence-corrected chi connectivity index (χ3v) is 3.69. The molecule has 7 heteroatoms. The predicted octanol–water partition coefficient (Wildman–Crippen LogP) is 3.23. The van der Waals surface area contributed by atoms with Crippen molar-refractivity contribution in [2.75, 3.05) is 6.54 Å². The summed E-state index contributed by atoms with van der Waals surface area (Å²) in [6.45, 7) is 4.33. The molecule has 1 aromatic carbocycles. The molecule has 2 aromatic heterocycles. The number of nitrogens with zero attached hydrogens (tertiary/aromatic N) is 3. The second-order valence-electron chi connectivity index (χ2n) is 5.85. The molecular weight excluding hydrogens is 323 g/mol. The first-order valence-corrected chi connectivity index (χ1v) is 8.08. The Labute approximate surface area is 144 Å². The number of carbonyl (C=O) groups excluding carboxylic acids is 1. The van der Waals surface area contributed by atoms with Gasteiger partial charge in [0.25, 0.3) is 5.91 Å². The Morgan fingerprint density at radius 3 is 2.76 bits per heavy atom. The van der Waals surface area contributed by atoms with Crippen LogP contribution in [-0.4, -0.2) is 27.2 Å². The van der Waals surface area contributed by atoms with Gasteiger partial charge in [0.15, 0.2) is 5.76 Å². The molecule has 0 saturated heterocycles. The highest BCUT2D eigenvalue weighted by Crippen LogP contribution is 2.18. The van der Waals surface area contributed by atoms with E-state index in [0.717, 1.165) is 5.82 Å². The summed E-state index contributed by atoms with van der Waals surface area (Å²) in [5.41, 5.74) is 0.0316. The number of nitrogens with one attached hydrogen (secondary N) is 1. The molecule has 2 heterocycles. The fraction of sp³-hybridized carbons (Fsp3) is 0.278. The summed E-state index contributed by atoms with van der Waals surface area (Å²) in [5.74, 6) is 0.853. The molecule has 0 fully saturated rings. The van der Waals surface area contributed by atoms with E-state index in [1.54, 1.807) is 35.2 Å². The SMILES string of the molecule is CC(C)n1nc(-c2ccco2)nc1CCNC(=O)c1ccccc1F. The maximum absolute atomic E-state index is 13.6. The molecule has 0 unspecified atom stereocenters. The normalized spacial score (nSPS) is 11.0. The van der Waals surface area contributed by atoms with Crippen LogP contribution < -0.4 is 5.32 Å². The highest BCUT2D eigenvalue weighted by molar-refractivity contribution is 5.94. The average molecular weight is 342 g/mol. The number of aromatic nitrogens is 3. The van der Waals surface area contributed by atoms with Gasteiger partial charge in [0.1, 0.15) is 11.6 Å². The minimum Gasteiger partial charge on any atom is -0.461 e. The van der Waals surface area contributed by atoms with Crippen LogP contribution in [0.5, 0.6) is 0 Å². The van der Waals surface area contributed by atoms with Crippen molar-refractivity contribution in [3.63, 3.8) is 0 Å². The van der Waals surface area contributed by atoms with E-state index in [9.17, 15) is 9.18 Å². The number of amides is 1. The minimum atomic E-state index is -0.537. The molecule has 0 saturated carbocycles. The zero-order valence-corrected chi connectivity index (χ0v) is 14.1. The maximum Gasteiger partial charge on any atom is 0.254 e. The molecule has 0 bridgehead atoms. The Morgan fingerprint density at radius 2 is 2.08 bits per heavy atom. The summed E-state index contributed by atoms with van der Waals surface area (Å²) >= 11 is 0. The zero-order chi connectivity index (χ0) is 17.8. The van der Waals surface area contributed by atoms with Crippen molar-refractivity contribution >= 4 is 5.91 Å². The smallest absolute Gasteiger partial charge is 0.254 e. The van der Waals surface area contributed by atoms with E-state index in [2.05, 4.69) is 15.4 Å². The second-order valence-corrected chi connectivity index (χ2v) is 5.85. The molecule has 0 aliphatic carbocycles. The monoisotopic (exact) mass is 342 g/mol. The number of hydrogen-bond donors (Lipinski definition) is 1. The lowest BCUT2D eigenvalue weighted by Gasteiger charge is -2.10. The topological polar surface area (TPSA) is 73.0 Å². The Balaban J connectivity index is 1.68. The van der Waals surface area contributed by atoms with Crippen LogP contribution in [0.25, 0.3) is 11.6 Å². The Hall–Kier alpha value is -2.96. The van der Waals surface area contributed by atoms with E-state index in [1.807, 2.05) is 13.8 Å². The summed E-state index contributed by atoms with van der Waals surface area (Å²) in [6.07, 6.45) is 2.05. The molecule has 0 aliphatic rings. The van der Waals surface area contributed by atoms with Crippen molar-refractivity contribution < 1.29 is 13.6 Å². The molecule has 3 aromatic rings. The summed E-state index contributed by atoms with van der Waals surface area (Å²) in [5, 5.41) is 7.18. The molecule has 1 N–H and O–H groups in total. The maximum atomic E-state index is 13.6. The summed E-state index contributed by atoms with van der Waals surface area (Å²) < 4.78 is 20.8. The van der Waals surface area contributed by atoms with E-state index < -0.39 is 11.7 Å². The van der Waals surface area contributed by atoms with Crippen LogP contribution in [0, 0.1) is 5.82 Å². The molecule has 0 radical (unpaired) electrons. The second kappa shape index (κ2) is 7.29. The highest BCUT2D eigenvalue weighted by Gasteiger charge is 2.16. The van der Waals surface area contributed by atoms with E-state index in [-0.39, 0.29) is 11.6 Å². The largest absolute Gasteiger partial charge is 0.461 e. The summed E-state index contributed by atoms with van der Waals surface area (Å²) in [6, 6.07) is 9.59. The fourth-order valence-electron chi connectivity index (χ4n) is 2.48. The van der Waals surface area contributed by atoms with Gasteiger partial charge in [-0.1, -0.05) is 12.1 Å². The van der Waals surface area contributed by atoms with Crippen molar-refractivity contribution in [1.29, 1.82) is 0 Å². The van der Waals surface area contributed by atoms with Gasteiger partial charge in [-0.05, 0) is 38.1 Å². The van der Waals surface area contributed by atoms with Gasteiger partial charge >= 0.3 is 0 Å². The van der Waals surface area contributed by atoms with Gasteiger partial charge in [0.2, 0.25) is 5.82 Å². The van der Waals surface area contributed by atoms with Crippen LogP contribution in [0.1, 0.15) is 36.1 Å². The third kappa shape index (κ3) is 3.76. The van der Waals surface area contributed by atoms with Gasteiger partial charge < -0.3 is 9.73 Å². The molecule has 0 aliphatic heterocycles. The Kier molecular flexibility index (Phi) is 4.92. The number of furan rings is 1. The van der Waals surface area contributed by atoms with Crippen LogP contribution in [0.15, 0.2) is 47.1 Å². The van der Waals surface area contributed by atoms with Crippen molar-refractivity contribution in [2.45, 2.75) is 26.3 Å². The van der Waals surface area contributed by atoms with Crippen LogP contribution in [0.3, 0.4) is 0 Å². The number of hydrogen-bond acceptors (Lipinski definition) is 4. The van der Waals surface area contributed by atoms with Crippen LogP contribution in [-0.2, 0) is 6.42 Å². The third-order valence-electron chi connectivity index (χ3n) is 3.69. The van der Waals surface area contributed by atoms with Gasteiger partial charge in [0, 0.05) is 19.0 Å². The van der Waals surface area contributed by atoms with E-state index >= 15 is 0 Å². The average Bonchev–Trinajstić information content (AvgIpc) is 3.24. The van der Waals surface area contributed by atoms with Gasteiger partial charge in [0.05, 0.1) is 11.8 Å². The molecule has 130 valence electrons. The van der Waals surface area contributed by atoms with Gasteiger partial charge in [-0.3, -0.25) is 4.79 Å². The van der Waals surface area contributed by atoms with Gasteiger partial charge in [-0.15, -0.1) is 5.10 Å². The van der Waals surface area contributed by atoms with E-state index in [4.69, 9.17) is 4.42 Å². The van der Waals surface area contributed by atoms with Crippen molar-refractivity contribution in [3.8, 4) is 11.6 Å². The lowest BCUT2D eigenvalue weighted by atomic mass is 10.2. The minimum absolute atomic E-state index is 0.0316. The molecular formula is C18H19FN4O2. The first-order chi connectivity index (χ1) is 12.1. The van der Waals surface area contributed by atoms with Crippen LogP contribution in [0.2, 0.25) is 0 Å². The fourth-order valence-corrected chi connectivity index (χ4v) is 2.48. The highest BCUT2D eigenvalue weighted by atomic mass is 19.1. The lowest BCUT2D eigenvalue weighted by molar-refractivity contribution is 0.0950. The molecule has 3 rings (SSSR count). The molecule has 1 amide bonds. The molecule has 0 spiro atoms. The van der Waals surface area contributed by atoms with Crippen molar-refractivity contribution in [1.82, 2.24) is 20.1 Å². The van der Waals surface area contributed by atoms with Crippen molar-refractivity contribution in [3.05, 3.63) is 59.9 Å². The number of benzene rings is 1. The molecule has 25 heavy (non-hydrogen) atoms. The van der Waals surface area contributed by atoms with Gasteiger partial charge in [-0.2, -0.15) is 0 Å². The summed E-state index contributed by atoms with van der Waals surface area (Å²) in [4.78, 5) is 16.6. The summed E-state index contributed by atoms with van der Waals surface area (Å²) in [7, 11) is 0. The predicted molar refractivity (Wildman–Crippen MR) is 90.5 cm³/mol. The van der Waals surface area contributed by atoms with E-state index in [0.29, 0.717) is 24.6 Å². The first kappa shape index (κ1) is 16.9. The first-order valence-electron chi connectivity index (χ1n) is 8.08. The molecule has 0 atom stereocenters. The standard InChI is InChI=1S/C18H19FN4O2/c1-12(2)23-16(21-17(22-23)15-8-5-11-25-15)9-10-20-18(24)13-6-3-4-7-14(13)19/h3-8,11-12H,9-10H2,1-2H3,(H,20,24). The quantitative estimate of drug-likeness (QED) is 0.746. The number of rotatable bonds is 6. The molecule has 6 nitrogen and oxygen atoms in total. The Morgan fingerprint density at radius 1 is 1.28 bits per heavy atom. The lowest BCUT2D eigenvalue weighted by Crippen LogP contribution is -2.27. The van der Waals surface area contributed by atoms with Crippen LogP contribution in [0.4, 0.5) is 4.39 Å². The number of halogens is 1. The van der Waals surface area contributed by atoms with Gasteiger partial charge in [-0.25, -0.2) is 14.1 Å². The van der Waals surface area contributed by atoms with E-state index in [1.165, 1.54) is 12.1 Å². The Bertz CT molecular complexity index is 856. The van der Waals surface area contributed by atoms with Crippen LogP contribution >= 0.6 is 0 Å². The zero-order valence-electron chi connectivity index (χ0n) is 14.1.